The first-order valence-electron chi connectivity index (χ1n) is 8.82. The van der Waals surface area contributed by atoms with Crippen LogP contribution in [0.4, 0.5) is 8.78 Å². The first-order chi connectivity index (χ1) is 13.9. The molecule has 29 heavy (non-hydrogen) atoms. The second kappa shape index (κ2) is 9.25. The molecular weight excluding hydrogens is 404 g/mol. The minimum absolute atomic E-state index is 0.0431. The van der Waals surface area contributed by atoms with Gasteiger partial charge in [-0.25, -0.2) is 8.42 Å². The van der Waals surface area contributed by atoms with Gasteiger partial charge < -0.3 is 9.47 Å². The third-order valence-electron chi connectivity index (χ3n) is 4.30. The SMILES string of the molecule is O=C(/C=C/c1ccccc1OC(F)F)c1ccc(S(=O)(=O)N2CCOCC2)cc1. The second-order valence-electron chi connectivity index (χ2n) is 6.15. The quantitative estimate of drug-likeness (QED) is 0.505. The third-order valence-corrected chi connectivity index (χ3v) is 6.21. The third kappa shape index (κ3) is 5.26. The maximum atomic E-state index is 12.6. The van der Waals surface area contributed by atoms with Crippen LogP contribution in [0.15, 0.2) is 59.5 Å². The molecule has 0 bridgehead atoms. The summed E-state index contributed by atoms with van der Waals surface area (Å²) in [6.07, 6.45) is 2.59. The standard InChI is InChI=1S/C20H19F2NO5S/c21-20(22)28-19-4-2-1-3-16(19)7-10-18(24)15-5-8-17(9-6-15)29(25,26)23-11-13-27-14-12-23/h1-10,20H,11-14H2/b10-7+. The molecule has 0 aliphatic carbocycles. The Bertz CT molecular complexity index is 984. The predicted octanol–water partition coefficient (Wildman–Crippen LogP) is 3.21. The number of hydrogen-bond donors (Lipinski definition) is 0. The molecule has 0 N–H and O–H groups in total. The van der Waals surface area contributed by atoms with E-state index < -0.39 is 22.4 Å². The minimum Gasteiger partial charge on any atom is -0.434 e. The van der Waals surface area contributed by atoms with Crippen molar-refractivity contribution in [3.63, 3.8) is 0 Å². The number of halogens is 2. The fourth-order valence-corrected chi connectivity index (χ4v) is 4.22. The highest BCUT2D eigenvalue weighted by atomic mass is 32.2. The zero-order chi connectivity index (χ0) is 20.9. The van der Waals surface area contributed by atoms with Gasteiger partial charge in [-0.15, -0.1) is 0 Å². The lowest BCUT2D eigenvalue weighted by molar-refractivity contribution is -0.0499. The molecular formula is C20H19F2NO5S. The fraction of sp³-hybridized carbons (Fsp3) is 0.250. The van der Waals surface area contributed by atoms with Gasteiger partial charge in [-0.3, -0.25) is 4.79 Å². The molecule has 0 radical (unpaired) electrons. The van der Waals surface area contributed by atoms with Crippen LogP contribution in [0.25, 0.3) is 6.08 Å². The average molecular weight is 423 g/mol. The maximum Gasteiger partial charge on any atom is 0.387 e. The number of allylic oxidation sites excluding steroid dienone is 1. The Balaban J connectivity index is 1.73. The van der Waals surface area contributed by atoms with E-state index in [4.69, 9.17) is 4.74 Å². The summed E-state index contributed by atoms with van der Waals surface area (Å²) in [5.41, 5.74) is 0.599. The Hall–Kier alpha value is -2.62. The normalized spacial score (nSPS) is 15.7. The van der Waals surface area contributed by atoms with Crippen LogP contribution in [0.5, 0.6) is 5.75 Å². The van der Waals surface area contributed by atoms with Crippen LogP contribution in [0.3, 0.4) is 0 Å². The van der Waals surface area contributed by atoms with E-state index in [0.717, 1.165) is 0 Å². The van der Waals surface area contributed by atoms with Crippen LogP contribution in [-0.4, -0.2) is 51.4 Å². The molecule has 1 heterocycles. The molecule has 1 aliphatic heterocycles. The molecule has 1 saturated heterocycles. The van der Waals surface area contributed by atoms with Crippen molar-refractivity contribution in [2.45, 2.75) is 11.5 Å². The van der Waals surface area contributed by atoms with Gasteiger partial charge in [-0.1, -0.05) is 18.2 Å². The smallest absolute Gasteiger partial charge is 0.387 e. The van der Waals surface area contributed by atoms with Crippen LogP contribution in [0.2, 0.25) is 0 Å². The van der Waals surface area contributed by atoms with E-state index in [-0.39, 0.29) is 29.3 Å². The molecule has 2 aromatic rings. The van der Waals surface area contributed by atoms with E-state index in [0.29, 0.717) is 18.8 Å². The lowest BCUT2D eigenvalue weighted by atomic mass is 10.1. The summed E-state index contributed by atoms with van der Waals surface area (Å²) >= 11 is 0. The van der Waals surface area contributed by atoms with E-state index in [1.165, 1.54) is 46.8 Å². The number of ether oxygens (including phenoxy) is 2. The molecule has 1 aliphatic rings. The van der Waals surface area contributed by atoms with Gasteiger partial charge in [-0.2, -0.15) is 13.1 Å². The maximum absolute atomic E-state index is 12.6. The monoisotopic (exact) mass is 423 g/mol. The molecule has 1 fully saturated rings. The summed E-state index contributed by atoms with van der Waals surface area (Å²) in [7, 11) is -3.64. The highest BCUT2D eigenvalue weighted by molar-refractivity contribution is 7.89. The van der Waals surface area contributed by atoms with E-state index in [2.05, 4.69) is 4.74 Å². The van der Waals surface area contributed by atoms with E-state index in [1.54, 1.807) is 18.2 Å². The van der Waals surface area contributed by atoms with Crippen molar-refractivity contribution < 1.29 is 31.5 Å². The Morgan fingerprint density at radius 3 is 2.38 bits per heavy atom. The van der Waals surface area contributed by atoms with E-state index >= 15 is 0 Å². The van der Waals surface area contributed by atoms with Crippen molar-refractivity contribution in [2.75, 3.05) is 26.3 Å². The Morgan fingerprint density at radius 2 is 1.72 bits per heavy atom. The van der Waals surface area contributed by atoms with Gasteiger partial charge in [0.1, 0.15) is 5.75 Å². The average Bonchev–Trinajstić information content (AvgIpc) is 2.73. The van der Waals surface area contributed by atoms with Crippen molar-refractivity contribution in [2.24, 2.45) is 0 Å². The van der Waals surface area contributed by atoms with Crippen molar-refractivity contribution >= 4 is 21.9 Å². The van der Waals surface area contributed by atoms with Crippen LogP contribution in [-0.2, 0) is 14.8 Å². The summed E-state index contributed by atoms with van der Waals surface area (Å²) in [6.45, 7) is -1.71. The van der Waals surface area contributed by atoms with Gasteiger partial charge in [0.15, 0.2) is 5.78 Å². The van der Waals surface area contributed by atoms with Crippen LogP contribution in [0, 0.1) is 0 Å². The molecule has 0 amide bonds. The Kier molecular flexibility index (Phi) is 6.73. The minimum atomic E-state index is -3.64. The van der Waals surface area contributed by atoms with Gasteiger partial charge in [0.05, 0.1) is 18.1 Å². The number of alkyl halides is 2. The van der Waals surface area contributed by atoms with E-state index in [9.17, 15) is 22.0 Å². The highest BCUT2D eigenvalue weighted by Gasteiger charge is 2.26. The number of benzene rings is 2. The number of para-hydroxylation sites is 1. The lowest BCUT2D eigenvalue weighted by Crippen LogP contribution is -2.40. The van der Waals surface area contributed by atoms with Crippen LogP contribution in [0.1, 0.15) is 15.9 Å². The Labute approximate surface area is 167 Å². The number of carbonyl (C=O) groups excluding carboxylic acids is 1. The summed E-state index contributed by atoms with van der Waals surface area (Å²) < 4.78 is 61.0. The highest BCUT2D eigenvalue weighted by Crippen LogP contribution is 2.22. The summed E-state index contributed by atoms with van der Waals surface area (Å²) in [6, 6.07) is 11.7. The van der Waals surface area contributed by atoms with Crippen molar-refractivity contribution in [3.8, 4) is 5.75 Å². The summed E-state index contributed by atoms with van der Waals surface area (Å²) in [4.78, 5) is 12.5. The fourth-order valence-electron chi connectivity index (χ4n) is 2.81. The van der Waals surface area contributed by atoms with Crippen LogP contribution < -0.4 is 4.74 Å². The zero-order valence-electron chi connectivity index (χ0n) is 15.3. The van der Waals surface area contributed by atoms with Gasteiger partial charge in [0, 0.05) is 24.2 Å². The van der Waals surface area contributed by atoms with Gasteiger partial charge in [0.2, 0.25) is 10.0 Å². The first-order valence-corrected chi connectivity index (χ1v) is 10.3. The van der Waals surface area contributed by atoms with Crippen LogP contribution >= 0.6 is 0 Å². The van der Waals surface area contributed by atoms with Gasteiger partial charge in [-0.05, 0) is 42.5 Å². The number of hydrogen-bond acceptors (Lipinski definition) is 5. The summed E-state index contributed by atoms with van der Waals surface area (Å²) in [5.74, 6) is -0.439. The number of carbonyl (C=O) groups is 1. The number of ketones is 1. The lowest BCUT2D eigenvalue weighted by Gasteiger charge is -2.26. The summed E-state index contributed by atoms with van der Waals surface area (Å²) in [5, 5.41) is 0. The molecule has 0 aromatic heterocycles. The molecule has 154 valence electrons. The zero-order valence-corrected chi connectivity index (χ0v) is 16.1. The Morgan fingerprint density at radius 1 is 1.07 bits per heavy atom. The van der Waals surface area contributed by atoms with Gasteiger partial charge in [0.25, 0.3) is 0 Å². The molecule has 0 atom stereocenters. The van der Waals surface area contributed by atoms with Crippen molar-refractivity contribution in [1.29, 1.82) is 0 Å². The predicted molar refractivity (Wildman–Crippen MR) is 102 cm³/mol. The molecule has 3 rings (SSSR count). The number of morpholine rings is 1. The molecule has 0 saturated carbocycles. The number of rotatable bonds is 7. The van der Waals surface area contributed by atoms with E-state index in [1.807, 2.05) is 0 Å². The second-order valence-corrected chi connectivity index (χ2v) is 8.09. The van der Waals surface area contributed by atoms with Gasteiger partial charge >= 0.3 is 6.61 Å². The topological polar surface area (TPSA) is 72.9 Å². The van der Waals surface area contributed by atoms with Crippen molar-refractivity contribution in [3.05, 3.63) is 65.7 Å². The molecule has 2 aromatic carbocycles. The molecule has 0 spiro atoms. The number of sulfonamides is 1. The van der Waals surface area contributed by atoms with Crippen molar-refractivity contribution in [1.82, 2.24) is 4.31 Å². The largest absolute Gasteiger partial charge is 0.434 e. The number of nitrogens with zero attached hydrogens (tertiary/aromatic N) is 1. The first kappa shape index (κ1) is 21.1. The molecule has 9 heteroatoms. The molecule has 6 nitrogen and oxygen atoms in total. The molecule has 0 unspecified atom stereocenters.